The van der Waals surface area contributed by atoms with Crippen LogP contribution < -0.4 is 16.4 Å². The molecule has 0 aromatic carbocycles. The van der Waals surface area contributed by atoms with E-state index in [1.807, 2.05) is 0 Å². The van der Waals surface area contributed by atoms with Crippen molar-refractivity contribution in [3.05, 3.63) is 36.4 Å². The molecule has 7 rings (SSSR count). The van der Waals surface area contributed by atoms with E-state index in [1.165, 1.54) is 64.2 Å². The predicted molar refractivity (Wildman–Crippen MR) is 196 cm³/mol. The van der Waals surface area contributed by atoms with Crippen molar-refractivity contribution in [2.24, 2.45) is 52.1 Å². The Kier molecular flexibility index (Phi) is 10.7. The van der Waals surface area contributed by atoms with Crippen molar-refractivity contribution in [2.45, 2.75) is 135 Å². The second-order valence-electron chi connectivity index (χ2n) is 17.6. The molecule has 3 amide bonds. The van der Waals surface area contributed by atoms with Crippen molar-refractivity contribution < 1.29 is 14.4 Å². The van der Waals surface area contributed by atoms with Crippen LogP contribution in [0.5, 0.6) is 0 Å². The van der Waals surface area contributed by atoms with E-state index < -0.39 is 12.1 Å². The normalized spacial score (nSPS) is 35.7. The van der Waals surface area contributed by atoms with Crippen LogP contribution in [0.3, 0.4) is 0 Å². The number of rotatable bonds is 12. The van der Waals surface area contributed by atoms with Gasteiger partial charge in [-0.1, -0.05) is 33.6 Å². The van der Waals surface area contributed by atoms with Gasteiger partial charge in [0.05, 0.1) is 24.4 Å². The summed E-state index contributed by atoms with van der Waals surface area (Å²) >= 11 is 0. The summed E-state index contributed by atoms with van der Waals surface area (Å²) in [6.07, 6.45) is 23.2. The number of carbonyl (C=O) groups is 3. The van der Waals surface area contributed by atoms with E-state index in [-0.39, 0.29) is 36.7 Å². The second kappa shape index (κ2) is 15.0. The van der Waals surface area contributed by atoms with E-state index in [1.54, 1.807) is 29.9 Å². The van der Waals surface area contributed by atoms with Crippen LogP contribution in [0.2, 0.25) is 0 Å². The second-order valence-corrected chi connectivity index (χ2v) is 17.6. The number of hydrogen-bond donors (Lipinski definition) is 5. The highest BCUT2D eigenvalue weighted by molar-refractivity contribution is 5.91. The fourth-order valence-electron chi connectivity index (χ4n) is 12.4. The Morgan fingerprint density at radius 2 is 1.88 bits per heavy atom. The molecule has 6 N–H and O–H groups in total. The fraction of sp³-hybridized carbons (Fsp3) is 0.775. The molecule has 11 heteroatoms. The number of imidazole rings is 2. The molecule has 3 heterocycles. The maximum absolute atomic E-state index is 13.6. The van der Waals surface area contributed by atoms with E-state index in [0.717, 1.165) is 35.8 Å². The van der Waals surface area contributed by atoms with Crippen molar-refractivity contribution >= 4 is 17.7 Å². The molecule has 51 heavy (non-hydrogen) atoms. The van der Waals surface area contributed by atoms with Crippen LogP contribution in [-0.2, 0) is 27.2 Å². The van der Waals surface area contributed by atoms with E-state index in [4.69, 9.17) is 5.73 Å². The Morgan fingerprint density at radius 1 is 1.04 bits per heavy atom. The summed E-state index contributed by atoms with van der Waals surface area (Å²) in [6.45, 7) is 8.33. The zero-order chi connectivity index (χ0) is 35.8. The lowest BCUT2D eigenvalue weighted by Crippen LogP contribution is -2.53. The van der Waals surface area contributed by atoms with Gasteiger partial charge in [0.2, 0.25) is 17.7 Å². The first-order chi connectivity index (χ1) is 24.6. The predicted octanol–water partition coefficient (Wildman–Crippen LogP) is 4.91. The third kappa shape index (κ3) is 7.25. The molecular weight excluding hydrogens is 640 g/mol. The van der Waals surface area contributed by atoms with Gasteiger partial charge in [-0.2, -0.15) is 0 Å². The highest BCUT2D eigenvalue weighted by Crippen LogP contribution is 2.68. The van der Waals surface area contributed by atoms with Gasteiger partial charge in [0.25, 0.3) is 0 Å². The molecule has 2 aromatic heterocycles. The van der Waals surface area contributed by atoms with Gasteiger partial charge in [-0.3, -0.25) is 14.4 Å². The number of fused-ring (bicyclic) bond motifs is 5. The topological polar surface area (TPSA) is 162 Å². The number of hydrogen-bond acceptors (Lipinski definition) is 6. The maximum Gasteiger partial charge on any atom is 0.242 e. The first-order valence-corrected chi connectivity index (χ1v) is 20.1. The average Bonchev–Trinajstić information content (AvgIpc) is 3.94. The lowest BCUT2D eigenvalue weighted by atomic mass is 9.44. The first kappa shape index (κ1) is 36.2. The number of aromatic amines is 2. The summed E-state index contributed by atoms with van der Waals surface area (Å²) in [7, 11) is 0. The summed E-state index contributed by atoms with van der Waals surface area (Å²) in [5, 5.41) is 6.19. The minimum Gasteiger partial charge on any atom is -0.354 e. The minimum absolute atomic E-state index is 0.00678. The number of nitrogens with zero attached hydrogens (tertiary/aromatic N) is 3. The molecule has 0 spiro atoms. The van der Waals surface area contributed by atoms with Crippen molar-refractivity contribution in [3.8, 4) is 0 Å². The van der Waals surface area contributed by atoms with Crippen LogP contribution in [0.15, 0.2) is 25.0 Å². The third-order valence-electron chi connectivity index (χ3n) is 15.0. The molecule has 1 aliphatic heterocycles. The quantitative estimate of drug-likeness (QED) is 0.211. The number of aromatic nitrogens is 4. The number of amides is 3. The Hall–Kier alpha value is -3.21. The molecule has 11 nitrogen and oxygen atoms in total. The van der Waals surface area contributed by atoms with Crippen LogP contribution in [0.4, 0.5) is 0 Å². The monoisotopic (exact) mass is 702 g/mol. The van der Waals surface area contributed by atoms with Gasteiger partial charge >= 0.3 is 0 Å². The molecule has 0 radical (unpaired) electrons. The Bertz CT molecular complexity index is 1500. The number of nitrogens with two attached hydrogens (primary N) is 1. The zero-order valence-corrected chi connectivity index (χ0v) is 31.2. The van der Waals surface area contributed by atoms with E-state index in [2.05, 4.69) is 51.3 Å². The summed E-state index contributed by atoms with van der Waals surface area (Å²) in [4.78, 5) is 56.3. The third-order valence-corrected chi connectivity index (χ3v) is 15.0. The number of H-pyrrole nitrogens is 2. The molecule has 4 saturated carbocycles. The molecule has 4 aliphatic carbocycles. The SMILES string of the molecule is C[C@H](CCC(=O)N[C@H]1C[C@@H](C(=O)NCCc2cnc[nH]2)N(C(=O)C(N)Cc2c[nH]cn2)C1)[C@H]1CCC2C3CCC4CCCC[C@]4(C)C3CC[C@@]21C. The molecule has 11 atom stereocenters. The number of carbonyl (C=O) groups excluding carboxylic acids is 3. The molecule has 5 aliphatic rings. The maximum atomic E-state index is 13.6. The Labute approximate surface area is 303 Å². The van der Waals surface area contributed by atoms with Gasteiger partial charge in [-0.05, 0) is 111 Å². The van der Waals surface area contributed by atoms with Gasteiger partial charge in [-0.25, -0.2) is 9.97 Å². The largest absolute Gasteiger partial charge is 0.354 e. The summed E-state index contributed by atoms with van der Waals surface area (Å²) in [5.74, 6) is 4.21. The van der Waals surface area contributed by atoms with Gasteiger partial charge in [0.1, 0.15) is 6.04 Å². The Balaban J connectivity index is 0.936. The van der Waals surface area contributed by atoms with Gasteiger partial charge in [0.15, 0.2) is 0 Å². The summed E-state index contributed by atoms with van der Waals surface area (Å²) in [5.41, 5.74) is 8.92. The lowest BCUT2D eigenvalue weighted by Gasteiger charge is -2.61. The highest BCUT2D eigenvalue weighted by Gasteiger charge is 2.60. The molecular formula is C40H62N8O3. The standard InChI is InChI=1S/C40H62N8O3/c1-25(31-10-11-32-30-9-8-26-6-4-5-15-39(26,2)33(30)13-16-40(31,32)3)7-12-36(49)47-29-19-35(37(50)44-17-14-27-20-42-23-45-27)48(22-29)38(51)34(41)18-28-21-43-24-46-28/h20-21,23-26,29-35H,4-19,22,41H2,1-3H3,(H,42,45)(H,43,46)(H,44,50)(H,47,49)/t25-,26?,29+,30?,31-,32?,33?,34?,35+,39+,40-/m1/s1. The summed E-state index contributed by atoms with van der Waals surface area (Å²) in [6, 6.07) is -1.85. The Morgan fingerprint density at radius 3 is 2.67 bits per heavy atom. The van der Waals surface area contributed by atoms with Crippen LogP contribution >= 0.6 is 0 Å². The average molecular weight is 703 g/mol. The first-order valence-electron chi connectivity index (χ1n) is 20.1. The molecule has 2 aromatic rings. The number of likely N-dealkylation sites (tertiary alicyclic amines) is 1. The summed E-state index contributed by atoms with van der Waals surface area (Å²) < 4.78 is 0. The molecule has 280 valence electrons. The van der Waals surface area contributed by atoms with E-state index >= 15 is 0 Å². The van der Waals surface area contributed by atoms with E-state index in [9.17, 15) is 14.4 Å². The van der Waals surface area contributed by atoms with Crippen LogP contribution in [-0.4, -0.2) is 73.8 Å². The fourth-order valence-corrected chi connectivity index (χ4v) is 12.4. The zero-order valence-electron chi connectivity index (χ0n) is 31.2. The van der Waals surface area contributed by atoms with Crippen LogP contribution in [0.25, 0.3) is 0 Å². The van der Waals surface area contributed by atoms with Gasteiger partial charge in [-0.15, -0.1) is 0 Å². The van der Waals surface area contributed by atoms with Crippen LogP contribution in [0.1, 0.15) is 116 Å². The van der Waals surface area contributed by atoms with Crippen molar-refractivity contribution in [3.63, 3.8) is 0 Å². The van der Waals surface area contributed by atoms with Gasteiger partial charge in [0, 0.05) is 56.5 Å². The minimum atomic E-state index is -0.837. The van der Waals surface area contributed by atoms with Crippen molar-refractivity contribution in [1.29, 1.82) is 0 Å². The highest BCUT2D eigenvalue weighted by atomic mass is 16.2. The molecule has 5 fully saturated rings. The molecule has 1 saturated heterocycles. The van der Waals surface area contributed by atoms with E-state index in [0.29, 0.717) is 54.2 Å². The smallest absolute Gasteiger partial charge is 0.242 e. The lowest BCUT2D eigenvalue weighted by molar-refractivity contribution is -0.139. The number of nitrogens with one attached hydrogen (secondary N) is 4. The van der Waals surface area contributed by atoms with Crippen LogP contribution in [0, 0.1) is 46.3 Å². The molecule has 5 unspecified atom stereocenters. The van der Waals surface area contributed by atoms with Crippen molar-refractivity contribution in [1.82, 2.24) is 35.5 Å². The molecule has 0 bridgehead atoms. The van der Waals surface area contributed by atoms with Gasteiger partial charge < -0.3 is 31.2 Å². The van der Waals surface area contributed by atoms with Crippen molar-refractivity contribution in [2.75, 3.05) is 13.1 Å².